The van der Waals surface area contributed by atoms with E-state index in [2.05, 4.69) is 17.6 Å². The lowest BCUT2D eigenvalue weighted by molar-refractivity contribution is 0.628. The maximum atomic E-state index is 13.2. The number of benzene rings is 1. The Morgan fingerprint density at radius 2 is 2.21 bits per heavy atom. The molecular formula is C10H12ClFN2. The van der Waals surface area contributed by atoms with Crippen LogP contribution in [0.1, 0.15) is 13.3 Å². The SMILES string of the molecule is CC1CCNc2cc(Cl)c(F)cc2N1. The number of anilines is 2. The Labute approximate surface area is 87.5 Å². The number of hydrogen-bond acceptors (Lipinski definition) is 2. The highest BCUT2D eigenvalue weighted by atomic mass is 35.5. The molecule has 1 aliphatic rings. The first-order valence-electron chi connectivity index (χ1n) is 4.66. The van der Waals surface area contributed by atoms with E-state index in [-0.39, 0.29) is 10.8 Å². The van der Waals surface area contributed by atoms with Gasteiger partial charge in [0.2, 0.25) is 0 Å². The molecule has 1 unspecified atom stereocenters. The molecule has 1 aromatic carbocycles. The lowest BCUT2D eigenvalue weighted by Gasteiger charge is -2.12. The van der Waals surface area contributed by atoms with E-state index in [1.807, 2.05) is 0 Å². The highest BCUT2D eigenvalue weighted by Gasteiger charge is 2.13. The molecule has 1 heterocycles. The zero-order chi connectivity index (χ0) is 10.1. The monoisotopic (exact) mass is 214 g/mol. The van der Waals surface area contributed by atoms with E-state index >= 15 is 0 Å². The second kappa shape index (κ2) is 3.65. The zero-order valence-electron chi connectivity index (χ0n) is 7.90. The maximum Gasteiger partial charge on any atom is 0.143 e. The minimum atomic E-state index is -0.381. The van der Waals surface area contributed by atoms with Crippen molar-refractivity contribution in [3.8, 4) is 0 Å². The van der Waals surface area contributed by atoms with Crippen molar-refractivity contribution in [2.45, 2.75) is 19.4 Å². The standard InChI is InChI=1S/C10H12ClFN2/c1-6-2-3-13-9-4-7(11)8(12)5-10(9)14-6/h4-6,13-14H,2-3H2,1H3. The van der Waals surface area contributed by atoms with Crippen LogP contribution in [-0.4, -0.2) is 12.6 Å². The van der Waals surface area contributed by atoms with Gasteiger partial charge in [-0.2, -0.15) is 0 Å². The summed E-state index contributed by atoms with van der Waals surface area (Å²) in [5.74, 6) is -0.381. The van der Waals surface area contributed by atoms with Gasteiger partial charge in [0, 0.05) is 18.7 Å². The topological polar surface area (TPSA) is 24.1 Å². The molecule has 0 spiro atoms. The number of fused-ring (bicyclic) bond motifs is 1. The molecule has 76 valence electrons. The van der Waals surface area contributed by atoms with E-state index in [4.69, 9.17) is 11.6 Å². The Kier molecular flexibility index (Phi) is 2.50. The zero-order valence-corrected chi connectivity index (χ0v) is 8.66. The highest BCUT2D eigenvalue weighted by molar-refractivity contribution is 6.31. The predicted octanol–water partition coefficient (Wildman–Crippen LogP) is 3.10. The van der Waals surface area contributed by atoms with Gasteiger partial charge >= 0.3 is 0 Å². The molecule has 0 saturated carbocycles. The van der Waals surface area contributed by atoms with Gasteiger partial charge in [0.05, 0.1) is 16.4 Å². The summed E-state index contributed by atoms with van der Waals surface area (Å²) in [6.07, 6.45) is 1.01. The Morgan fingerprint density at radius 1 is 1.43 bits per heavy atom. The van der Waals surface area contributed by atoms with Crippen LogP contribution in [0.4, 0.5) is 15.8 Å². The fourth-order valence-electron chi connectivity index (χ4n) is 1.57. The molecule has 1 aromatic rings. The van der Waals surface area contributed by atoms with Crippen LogP contribution < -0.4 is 10.6 Å². The summed E-state index contributed by atoms with van der Waals surface area (Å²) >= 11 is 5.69. The first-order valence-corrected chi connectivity index (χ1v) is 5.04. The van der Waals surface area contributed by atoms with Gasteiger partial charge in [-0.05, 0) is 19.4 Å². The van der Waals surface area contributed by atoms with Crippen molar-refractivity contribution in [1.29, 1.82) is 0 Å². The Bertz CT molecular complexity index is 354. The van der Waals surface area contributed by atoms with Gasteiger partial charge in [0.25, 0.3) is 0 Å². The molecular weight excluding hydrogens is 203 g/mol. The van der Waals surface area contributed by atoms with Crippen molar-refractivity contribution in [3.63, 3.8) is 0 Å². The van der Waals surface area contributed by atoms with Crippen LogP contribution in [-0.2, 0) is 0 Å². The molecule has 0 aromatic heterocycles. The molecule has 0 aliphatic carbocycles. The number of rotatable bonds is 0. The van der Waals surface area contributed by atoms with Crippen molar-refractivity contribution in [3.05, 3.63) is 23.0 Å². The number of nitrogens with one attached hydrogen (secondary N) is 2. The molecule has 4 heteroatoms. The molecule has 1 aliphatic heterocycles. The van der Waals surface area contributed by atoms with E-state index in [0.717, 1.165) is 24.3 Å². The third-order valence-electron chi connectivity index (χ3n) is 2.36. The van der Waals surface area contributed by atoms with Crippen LogP contribution in [0.15, 0.2) is 12.1 Å². The largest absolute Gasteiger partial charge is 0.383 e. The lowest BCUT2D eigenvalue weighted by Crippen LogP contribution is -2.14. The molecule has 2 rings (SSSR count). The third-order valence-corrected chi connectivity index (χ3v) is 2.64. The van der Waals surface area contributed by atoms with Crippen LogP contribution in [0.5, 0.6) is 0 Å². The van der Waals surface area contributed by atoms with Crippen LogP contribution >= 0.6 is 11.6 Å². The van der Waals surface area contributed by atoms with Gasteiger partial charge in [-0.3, -0.25) is 0 Å². The summed E-state index contributed by atoms with van der Waals surface area (Å²) in [7, 11) is 0. The Hall–Kier alpha value is -0.960. The van der Waals surface area contributed by atoms with Crippen molar-refractivity contribution in [2.75, 3.05) is 17.2 Å². The maximum absolute atomic E-state index is 13.2. The van der Waals surface area contributed by atoms with Crippen molar-refractivity contribution >= 4 is 23.0 Å². The molecule has 0 radical (unpaired) electrons. The minimum Gasteiger partial charge on any atom is -0.383 e. The van der Waals surface area contributed by atoms with Gasteiger partial charge in [0.15, 0.2) is 0 Å². The number of halogens is 2. The fourth-order valence-corrected chi connectivity index (χ4v) is 1.74. The first kappa shape index (κ1) is 9.59. The normalized spacial score (nSPS) is 20.4. The van der Waals surface area contributed by atoms with Crippen molar-refractivity contribution in [1.82, 2.24) is 0 Å². The smallest absolute Gasteiger partial charge is 0.143 e. The number of hydrogen-bond donors (Lipinski definition) is 2. The average molecular weight is 215 g/mol. The molecule has 0 bridgehead atoms. The van der Waals surface area contributed by atoms with E-state index in [0.29, 0.717) is 6.04 Å². The van der Waals surface area contributed by atoms with Crippen LogP contribution in [0.25, 0.3) is 0 Å². The highest BCUT2D eigenvalue weighted by Crippen LogP contribution is 2.30. The van der Waals surface area contributed by atoms with Crippen molar-refractivity contribution < 1.29 is 4.39 Å². The molecule has 2 nitrogen and oxygen atoms in total. The fraction of sp³-hybridized carbons (Fsp3) is 0.400. The summed E-state index contributed by atoms with van der Waals surface area (Å²) in [5.41, 5.74) is 1.66. The molecule has 0 saturated heterocycles. The summed E-state index contributed by atoms with van der Waals surface area (Å²) < 4.78 is 13.2. The predicted molar refractivity (Wildman–Crippen MR) is 57.6 cm³/mol. The summed E-state index contributed by atoms with van der Waals surface area (Å²) in [6.45, 7) is 2.95. The van der Waals surface area contributed by atoms with Crippen molar-refractivity contribution in [2.24, 2.45) is 0 Å². The molecule has 2 N–H and O–H groups in total. The third kappa shape index (κ3) is 1.77. The van der Waals surface area contributed by atoms with E-state index < -0.39 is 0 Å². The Morgan fingerprint density at radius 3 is 3.00 bits per heavy atom. The summed E-state index contributed by atoms with van der Waals surface area (Å²) in [6, 6.07) is 3.41. The van der Waals surface area contributed by atoms with Crippen LogP contribution in [0.2, 0.25) is 5.02 Å². The molecule has 0 fully saturated rings. The first-order chi connectivity index (χ1) is 6.66. The quantitative estimate of drug-likeness (QED) is 0.694. The van der Waals surface area contributed by atoms with Gasteiger partial charge in [-0.1, -0.05) is 11.6 Å². The van der Waals surface area contributed by atoms with E-state index in [9.17, 15) is 4.39 Å². The van der Waals surface area contributed by atoms with Gasteiger partial charge in [0.1, 0.15) is 5.82 Å². The second-order valence-electron chi connectivity index (χ2n) is 3.57. The Balaban J connectivity index is 2.41. The van der Waals surface area contributed by atoms with Gasteiger partial charge in [-0.15, -0.1) is 0 Å². The molecule has 1 atom stereocenters. The van der Waals surface area contributed by atoms with Gasteiger partial charge in [-0.25, -0.2) is 4.39 Å². The summed E-state index contributed by atoms with van der Waals surface area (Å²) in [4.78, 5) is 0. The van der Waals surface area contributed by atoms with Crippen LogP contribution in [0, 0.1) is 5.82 Å². The van der Waals surface area contributed by atoms with E-state index in [1.165, 1.54) is 6.07 Å². The minimum absolute atomic E-state index is 0.160. The lowest BCUT2D eigenvalue weighted by atomic mass is 10.2. The van der Waals surface area contributed by atoms with Gasteiger partial charge < -0.3 is 10.6 Å². The second-order valence-corrected chi connectivity index (χ2v) is 3.98. The van der Waals surface area contributed by atoms with Crippen LogP contribution in [0.3, 0.4) is 0 Å². The average Bonchev–Trinajstić information content (AvgIpc) is 2.28. The van der Waals surface area contributed by atoms with E-state index in [1.54, 1.807) is 6.07 Å². The summed E-state index contributed by atoms with van der Waals surface area (Å²) in [5, 5.41) is 6.60. The molecule has 14 heavy (non-hydrogen) atoms. The molecule has 0 amide bonds.